The average molecular weight is 445 g/mol. The fraction of sp³-hybridized carbons (Fsp3) is 0.250. The fourth-order valence-electron chi connectivity index (χ4n) is 3.44. The van der Waals surface area contributed by atoms with Gasteiger partial charge in [0.15, 0.2) is 11.6 Å². The second-order valence-corrected chi connectivity index (χ2v) is 7.97. The summed E-state index contributed by atoms with van der Waals surface area (Å²) in [5, 5.41) is 13.2. The molecule has 33 heavy (non-hydrogen) atoms. The van der Waals surface area contributed by atoms with Crippen LogP contribution in [0.4, 0.5) is 23.1 Å². The molecule has 0 bridgehead atoms. The first kappa shape index (κ1) is 22.2. The minimum absolute atomic E-state index is 0.237. The number of hydrogen-bond acceptors (Lipinski definition) is 7. The molecule has 1 saturated heterocycles. The van der Waals surface area contributed by atoms with Crippen LogP contribution in [0, 0.1) is 6.92 Å². The van der Waals surface area contributed by atoms with Crippen molar-refractivity contribution in [3.05, 3.63) is 66.1 Å². The Morgan fingerprint density at radius 3 is 2.48 bits per heavy atom. The summed E-state index contributed by atoms with van der Waals surface area (Å²) >= 11 is 0. The number of anilines is 4. The van der Waals surface area contributed by atoms with Gasteiger partial charge < -0.3 is 20.4 Å². The van der Waals surface area contributed by atoms with Crippen molar-refractivity contribution in [3.63, 3.8) is 0 Å². The molecular formula is C24H28N8O. The highest BCUT2D eigenvalue weighted by Crippen LogP contribution is 2.21. The van der Waals surface area contributed by atoms with E-state index in [4.69, 9.17) is 4.98 Å². The van der Waals surface area contributed by atoms with Gasteiger partial charge in [-0.3, -0.25) is 9.89 Å². The highest BCUT2D eigenvalue weighted by Gasteiger charge is 2.17. The van der Waals surface area contributed by atoms with Gasteiger partial charge in [-0.05, 0) is 43.8 Å². The third-order valence-corrected chi connectivity index (χ3v) is 5.31. The summed E-state index contributed by atoms with van der Waals surface area (Å²) in [6, 6.07) is 11.4. The maximum absolute atomic E-state index is 11.4. The van der Waals surface area contributed by atoms with Gasteiger partial charge in [-0.2, -0.15) is 5.10 Å². The third-order valence-electron chi connectivity index (χ3n) is 5.31. The molecule has 1 aromatic carbocycles. The summed E-state index contributed by atoms with van der Waals surface area (Å²) < 4.78 is 0. The molecule has 1 aliphatic heterocycles. The molecule has 0 aliphatic carbocycles. The molecule has 3 aromatic rings. The molecule has 9 heteroatoms. The summed E-state index contributed by atoms with van der Waals surface area (Å²) in [4.78, 5) is 25.5. The zero-order valence-corrected chi connectivity index (χ0v) is 18.9. The van der Waals surface area contributed by atoms with Gasteiger partial charge in [0.2, 0.25) is 5.91 Å². The molecule has 4 rings (SSSR count). The maximum atomic E-state index is 11.4. The smallest absolute Gasteiger partial charge is 0.247 e. The van der Waals surface area contributed by atoms with Crippen molar-refractivity contribution in [2.45, 2.75) is 6.92 Å². The molecule has 3 heterocycles. The molecule has 0 unspecified atom stereocenters. The standard InChI is InChI=1S/C24H28N8O/c1-4-24(33)25-19-8-5-18(6-9-19)7-10-20-26-21(27-22-15-17(2)29-30-22)16-23(28-20)32-13-11-31(3)12-14-32/h4-10,15-16H,1,11-14H2,2-3H3,(H,25,33)(H2,26,27,28,29,30)/b10-7+. The van der Waals surface area contributed by atoms with E-state index in [1.165, 1.54) is 6.08 Å². The number of aryl methyl sites for hydroxylation is 1. The first-order chi connectivity index (χ1) is 16.0. The summed E-state index contributed by atoms with van der Waals surface area (Å²) in [5.74, 6) is 2.65. The van der Waals surface area contributed by atoms with Crippen LogP contribution in [-0.4, -0.2) is 64.2 Å². The lowest BCUT2D eigenvalue weighted by atomic mass is 10.2. The Hall–Kier alpha value is -3.98. The number of likely N-dealkylation sites (N-methyl/N-ethyl adjacent to an activating group) is 1. The van der Waals surface area contributed by atoms with Crippen molar-refractivity contribution in [1.82, 2.24) is 25.1 Å². The Balaban J connectivity index is 1.56. The van der Waals surface area contributed by atoms with Gasteiger partial charge in [0.25, 0.3) is 0 Å². The zero-order valence-electron chi connectivity index (χ0n) is 18.9. The molecule has 0 radical (unpaired) electrons. The van der Waals surface area contributed by atoms with Crippen LogP contribution in [0.3, 0.4) is 0 Å². The van der Waals surface area contributed by atoms with Crippen LogP contribution in [0.1, 0.15) is 17.1 Å². The molecule has 1 amide bonds. The van der Waals surface area contributed by atoms with Crippen LogP contribution in [0.15, 0.2) is 49.1 Å². The molecule has 3 N–H and O–H groups in total. The lowest BCUT2D eigenvalue weighted by molar-refractivity contribution is -0.111. The molecule has 170 valence electrons. The lowest BCUT2D eigenvalue weighted by Crippen LogP contribution is -2.44. The van der Waals surface area contributed by atoms with Gasteiger partial charge in [0, 0.05) is 49.7 Å². The molecule has 1 fully saturated rings. The number of aromatic amines is 1. The van der Waals surface area contributed by atoms with Crippen molar-refractivity contribution < 1.29 is 4.79 Å². The van der Waals surface area contributed by atoms with Crippen LogP contribution in [0.5, 0.6) is 0 Å². The van der Waals surface area contributed by atoms with E-state index in [0.717, 1.165) is 43.3 Å². The number of rotatable bonds is 7. The number of hydrogen-bond donors (Lipinski definition) is 3. The Morgan fingerprint density at radius 1 is 1.06 bits per heavy atom. The quantitative estimate of drug-likeness (QED) is 0.481. The molecule has 0 saturated carbocycles. The lowest BCUT2D eigenvalue weighted by Gasteiger charge is -2.33. The number of piperazine rings is 1. The van der Waals surface area contributed by atoms with Crippen molar-refractivity contribution in [3.8, 4) is 0 Å². The van der Waals surface area contributed by atoms with Crippen molar-refractivity contribution in [1.29, 1.82) is 0 Å². The van der Waals surface area contributed by atoms with Gasteiger partial charge in [-0.25, -0.2) is 9.97 Å². The van der Waals surface area contributed by atoms with E-state index in [1.54, 1.807) is 0 Å². The van der Waals surface area contributed by atoms with Crippen LogP contribution >= 0.6 is 0 Å². The number of aromatic nitrogens is 4. The highest BCUT2D eigenvalue weighted by atomic mass is 16.1. The second kappa shape index (κ2) is 10.1. The molecule has 0 spiro atoms. The topological polar surface area (TPSA) is 102 Å². The fourth-order valence-corrected chi connectivity index (χ4v) is 3.44. The van der Waals surface area contributed by atoms with Gasteiger partial charge in [-0.1, -0.05) is 24.8 Å². The van der Waals surface area contributed by atoms with E-state index in [0.29, 0.717) is 23.1 Å². The Morgan fingerprint density at radius 2 is 1.82 bits per heavy atom. The minimum Gasteiger partial charge on any atom is -0.354 e. The Kier molecular flexibility index (Phi) is 6.80. The Labute approximate surface area is 193 Å². The number of H-pyrrole nitrogens is 1. The average Bonchev–Trinajstić information content (AvgIpc) is 3.23. The van der Waals surface area contributed by atoms with Crippen molar-refractivity contribution in [2.24, 2.45) is 0 Å². The summed E-state index contributed by atoms with van der Waals surface area (Å²) in [7, 11) is 2.13. The van der Waals surface area contributed by atoms with Crippen LogP contribution in [-0.2, 0) is 4.79 Å². The zero-order chi connectivity index (χ0) is 23.2. The second-order valence-electron chi connectivity index (χ2n) is 7.97. The first-order valence-corrected chi connectivity index (χ1v) is 10.8. The minimum atomic E-state index is -0.237. The predicted octanol–water partition coefficient (Wildman–Crippen LogP) is 3.30. The molecule has 0 atom stereocenters. The van der Waals surface area contributed by atoms with E-state index in [1.807, 2.05) is 55.5 Å². The number of carbonyl (C=O) groups is 1. The normalized spacial score (nSPS) is 14.4. The summed E-state index contributed by atoms with van der Waals surface area (Å²) in [5.41, 5.74) is 2.66. The SMILES string of the molecule is C=CC(=O)Nc1ccc(/C=C/c2nc(Nc3cc(C)[nH]n3)cc(N3CCN(C)CC3)n2)cc1. The number of benzene rings is 1. The Bertz CT molecular complexity index is 1140. The predicted molar refractivity (Wildman–Crippen MR) is 133 cm³/mol. The molecule has 9 nitrogen and oxygen atoms in total. The first-order valence-electron chi connectivity index (χ1n) is 10.8. The van der Waals surface area contributed by atoms with Crippen LogP contribution < -0.4 is 15.5 Å². The summed E-state index contributed by atoms with van der Waals surface area (Å²) in [6.07, 6.45) is 5.08. The van der Waals surface area contributed by atoms with Crippen molar-refractivity contribution in [2.75, 3.05) is 48.8 Å². The van der Waals surface area contributed by atoms with Gasteiger partial charge in [0.05, 0.1) is 0 Å². The van der Waals surface area contributed by atoms with Crippen LogP contribution in [0.2, 0.25) is 0 Å². The third kappa shape index (κ3) is 6.05. The molecule has 1 aliphatic rings. The highest BCUT2D eigenvalue weighted by molar-refractivity contribution is 5.98. The number of nitrogens with zero attached hydrogens (tertiary/aromatic N) is 5. The summed E-state index contributed by atoms with van der Waals surface area (Å²) in [6.45, 7) is 9.22. The van der Waals surface area contributed by atoms with Gasteiger partial charge in [0.1, 0.15) is 11.6 Å². The van der Waals surface area contributed by atoms with E-state index in [9.17, 15) is 4.79 Å². The number of carbonyl (C=O) groups excluding carboxylic acids is 1. The largest absolute Gasteiger partial charge is 0.354 e. The monoisotopic (exact) mass is 444 g/mol. The molecular weight excluding hydrogens is 416 g/mol. The van der Waals surface area contributed by atoms with Crippen LogP contribution in [0.25, 0.3) is 12.2 Å². The molecule has 2 aromatic heterocycles. The van der Waals surface area contributed by atoms with E-state index >= 15 is 0 Å². The van der Waals surface area contributed by atoms with E-state index in [-0.39, 0.29) is 5.91 Å². The van der Waals surface area contributed by atoms with Gasteiger partial charge in [-0.15, -0.1) is 0 Å². The van der Waals surface area contributed by atoms with Gasteiger partial charge >= 0.3 is 0 Å². The van der Waals surface area contributed by atoms with E-state index in [2.05, 4.69) is 49.2 Å². The van der Waals surface area contributed by atoms with E-state index < -0.39 is 0 Å². The number of amides is 1. The maximum Gasteiger partial charge on any atom is 0.247 e. The number of nitrogens with one attached hydrogen (secondary N) is 3. The van der Waals surface area contributed by atoms with Crippen molar-refractivity contribution >= 4 is 41.2 Å².